The van der Waals surface area contributed by atoms with Gasteiger partial charge < -0.3 is 9.84 Å². The Morgan fingerprint density at radius 2 is 1.34 bits per heavy atom. The number of hydrogen-bond donors (Lipinski definition) is 1. The van der Waals surface area contributed by atoms with E-state index in [1.807, 2.05) is 0 Å². The van der Waals surface area contributed by atoms with E-state index in [1.165, 1.54) is 103 Å². The summed E-state index contributed by atoms with van der Waals surface area (Å²) in [5.41, 5.74) is 0. The van der Waals surface area contributed by atoms with Gasteiger partial charge in [0.15, 0.2) is 0 Å². The average molecular weight is 447 g/mol. The lowest BCUT2D eigenvalue weighted by molar-refractivity contribution is 0.0809. The van der Waals surface area contributed by atoms with Crippen molar-refractivity contribution in [3.63, 3.8) is 0 Å². The van der Waals surface area contributed by atoms with Crippen molar-refractivity contribution in [3.05, 3.63) is 12.2 Å². The van der Waals surface area contributed by atoms with E-state index in [2.05, 4.69) is 19.1 Å². The first-order valence-electron chi connectivity index (χ1n) is 14.5. The number of rotatable bonds is 12. The molecule has 0 amide bonds. The molecule has 3 aliphatic rings. The molecular formula is C30H54O2. The molecule has 0 aliphatic heterocycles. The van der Waals surface area contributed by atoms with Crippen LogP contribution in [-0.2, 0) is 4.74 Å². The second-order valence-corrected chi connectivity index (χ2v) is 11.7. The van der Waals surface area contributed by atoms with Crippen molar-refractivity contribution in [2.75, 3.05) is 20.3 Å². The summed E-state index contributed by atoms with van der Waals surface area (Å²) < 4.78 is 5.42. The first-order valence-corrected chi connectivity index (χ1v) is 14.5. The zero-order chi connectivity index (χ0) is 22.6. The molecule has 32 heavy (non-hydrogen) atoms. The van der Waals surface area contributed by atoms with Gasteiger partial charge in [-0.1, -0.05) is 57.6 Å². The zero-order valence-corrected chi connectivity index (χ0v) is 21.5. The summed E-state index contributed by atoms with van der Waals surface area (Å²) in [5.74, 6) is 6.10. The summed E-state index contributed by atoms with van der Waals surface area (Å²) in [6, 6.07) is 0. The van der Waals surface area contributed by atoms with E-state index in [4.69, 9.17) is 4.74 Å². The Morgan fingerprint density at radius 3 is 1.88 bits per heavy atom. The van der Waals surface area contributed by atoms with Gasteiger partial charge in [-0.25, -0.2) is 0 Å². The van der Waals surface area contributed by atoms with Gasteiger partial charge in [-0.05, 0) is 112 Å². The lowest BCUT2D eigenvalue weighted by Crippen LogP contribution is -2.26. The first-order chi connectivity index (χ1) is 15.7. The normalized spacial score (nSPS) is 35.2. The second kappa shape index (κ2) is 14.8. The quantitative estimate of drug-likeness (QED) is 0.242. The number of hydrogen-bond acceptors (Lipinski definition) is 2. The van der Waals surface area contributed by atoms with Crippen LogP contribution in [0.2, 0.25) is 0 Å². The molecule has 3 aliphatic carbocycles. The number of methoxy groups -OCH3 is 1. The molecule has 1 N–H and O–H groups in total. The maximum absolute atomic E-state index is 9.36. The number of ether oxygens (including phenoxy) is 1. The van der Waals surface area contributed by atoms with Gasteiger partial charge in [-0.15, -0.1) is 0 Å². The molecular weight excluding hydrogens is 392 g/mol. The van der Waals surface area contributed by atoms with Crippen LogP contribution in [0.3, 0.4) is 0 Å². The predicted octanol–water partition coefficient (Wildman–Crippen LogP) is 8.19. The Kier molecular flexibility index (Phi) is 12.2. The minimum atomic E-state index is 0.303. The van der Waals surface area contributed by atoms with Gasteiger partial charge in [0.05, 0.1) is 0 Å². The number of unbranched alkanes of at least 4 members (excludes halogenated alkanes) is 2. The maximum Gasteiger partial charge on any atom is 0.0493 e. The SMILES string of the molecule is CCCCCC1CCC(C2CCC(/C=C/C3CCC(C(CCO)COC)CC3)CC2)CC1. The highest BCUT2D eigenvalue weighted by Crippen LogP contribution is 2.43. The smallest absolute Gasteiger partial charge is 0.0493 e. The van der Waals surface area contributed by atoms with Crippen molar-refractivity contribution in [2.24, 2.45) is 41.4 Å². The Labute approximate surface area is 200 Å². The van der Waals surface area contributed by atoms with Crippen LogP contribution in [0.4, 0.5) is 0 Å². The van der Waals surface area contributed by atoms with Gasteiger partial charge in [0.2, 0.25) is 0 Å². The van der Waals surface area contributed by atoms with Gasteiger partial charge in [0, 0.05) is 20.3 Å². The summed E-state index contributed by atoms with van der Waals surface area (Å²) in [6.45, 7) is 3.44. The molecule has 0 spiro atoms. The van der Waals surface area contributed by atoms with Crippen molar-refractivity contribution >= 4 is 0 Å². The van der Waals surface area contributed by atoms with E-state index >= 15 is 0 Å². The van der Waals surface area contributed by atoms with Crippen LogP contribution < -0.4 is 0 Å². The topological polar surface area (TPSA) is 29.5 Å². The van der Waals surface area contributed by atoms with Crippen LogP contribution in [0.5, 0.6) is 0 Å². The Bertz CT molecular complexity index is 485. The summed E-state index contributed by atoms with van der Waals surface area (Å²) >= 11 is 0. The lowest BCUT2D eigenvalue weighted by atomic mass is 9.68. The highest BCUT2D eigenvalue weighted by Gasteiger charge is 2.31. The van der Waals surface area contributed by atoms with Gasteiger partial charge in [0.25, 0.3) is 0 Å². The van der Waals surface area contributed by atoms with Crippen molar-refractivity contribution in [1.29, 1.82) is 0 Å². The molecule has 1 atom stereocenters. The summed E-state index contributed by atoms with van der Waals surface area (Å²) in [5, 5.41) is 9.36. The van der Waals surface area contributed by atoms with Gasteiger partial charge in [0.1, 0.15) is 0 Å². The third kappa shape index (κ3) is 8.46. The van der Waals surface area contributed by atoms with Crippen LogP contribution in [-0.4, -0.2) is 25.4 Å². The van der Waals surface area contributed by atoms with E-state index in [0.29, 0.717) is 12.5 Å². The van der Waals surface area contributed by atoms with Gasteiger partial charge >= 0.3 is 0 Å². The van der Waals surface area contributed by atoms with Crippen LogP contribution in [0, 0.1) is 41.4 Å². The minimum absolute atomic E-state index is 0.303. The van der Waals surface area contributed by atoms with Crippen molar-refractivity contribution in [2.45, 2.75) is 116 Å². The lowest BCUT2D eigenvalue weighted by Gasteiger charge is -2.37. The molecule has 0 radical (unpaired) electrons. The van der Waals surface area contributed by atoms with E-state index in [-0.39, 0.29) is 0 Å². The average Bonchev–Trinajstić information content (AvgIpc) is 2.84. The third-order valence-electron chi connectivity index (χ3n) is 9.61. The summed E-state index contributed by atoms with van der Waals surface area (Å²) in [7, 11) is 1.80. The fraction of sp³-hybridized carbons (Fsp3) is 0.933. The Morgan fingerprint density at radius 1 is 0.781 bits per heavy atom. The Balaban J connectivity index is 1.31. The molecule has 0 saturated heterocycles. The molecule has 3 fully saturated rings. The van der Waals surface area contributed by atoms with Crippen molar-refractivity contribution in [3.8, 4) is 0 Å². The molecule has 3 rings (SSSR count). The van der Waals surface area contributed by atoms with Crippen LogP contribution in [0.1, 0.15) is 116 Å². The zero-order valence-electron chi connectivity index (χ0n) is 21.5. The monoisotopic (exact) mass is 446 g/mol. The summed E-state index contributed by atoms with van der Waals surface area (Å²) in [6.07, 6.45) is 29.2. The van der Waals surface area contributed by atoms with E-state index in [0.717, 1.165) is 48.5 Å². The van der Waals surface area contributed by atoms with Gasteiger partial charge in [-0.3, -0.25) is 0 Å². The molecule has 186 valence electrons. The maximum atomic E-state index is 9.36. The van der Waals surface area contributed by atoms with Gasteiger partial charge in [-0.2, -0.15) is 0 Å². The second-order valence-electron chi connectivity index (χ2n) is 11.7. The van der Waals surface area contributed by atoms with Crippen LogP contribution in [0.25, 0.3) is 0 Å². The summed E-state index contributed by atoms with van der Waals surface area (Å²) in [4.78, 5) is 0. The molecule has 2 nitrogen and oxygen atoms in total. The van der Waals surface area contributed by atoms with E-state index < -0.39 is 0 Å². The highest BCUT2D eigenvalue weighted by atomic mass is 16.5. The first kappa shape index (κ1) is 26.3. The standard InChI is InChI=1S/C30H54O2/c1-3-4-5-6-24-9-15-27(16-10-24)28-17-11-25(12-18-28)7-8-26-13-19-29(20-14-26)30(21-22-31)23-32-2/h7-8,24-31H,3-6,9-23H2,1-2H3/b8-7+. The predicted molar refractivity (Wildman–Crippen MR) is 137 cm³/mol. The molecule has 0 aromatic rings. The van der Waals surface area contributed by atoms with E-state index in [9.17, 15) is 5.11 Å². The fourth-order valence-electron chi connectivity index (χ4n) is 7.40. The molecule has 2 heteroatoms. The largest absolute Gasteiger partial charge is 0.396 e. The molecule has 0 aromatic carbocycles. The highest BCUT2D eigenvalue weighted by molar-refractivity contribution is 4.97. The van der Waals surface area contributed by atoms with E-state index in [1.54, 1.807) is 7.11 Å². The van der Waals surface area contributed by atoms with Crippen molar-refractivity contribution in [1.82, 2.24) is 0 Å². The molecule has 1 unspecified atom stereocenters. The minimum Gasteiger partial charge on any atom is -0.396 e. The number of aliphatic hydroxyl groups excluding tert-OH is 1. The molecule has 0 heterocycles. The third-order valence-corrected chi connectivity index (χ3v) is 9.61. The van der Waals surface area contributed by atoms with Crippen molar-refractivity contribution < 1.29 is 9.84 Å². The van der Waals surface area contributed by atoms with Crippen LogP contribution >= 0.6 is 0 Å². The fourth-order valence-corrected chi connectivity index (χ4v) is 7.40. The molecule has 0 bridgehead atoms. The van der Waals surface area contributed by atoms with Crippen LogP contribution in [0.15, 0.2) is 12.2 Å². The number of aliphatic hydroxyl groups is 1. The Hall–Kier alpha value is -0.340. The number of allylic oxidation sites excluding steroid dienone is 2. The molecule has 3 saturated carbocycles. The molecule has 0 aromatic heterocycles.